The zero-order valence-corrected chi connectivity index (χ0v) is 7.38. The Morgan fingerprint density at radius 3 is 2.33 bits per heavy atom. The van der Waals surface area contributed by atoms with Crippen molar-refractivity contribution in [3.63, 3.8) is 0 Å². The molecule has 0 bridgehead atoms. The van der Waals surface area contributed by atoms with Gasteiger partial charge in [-0.05, 0) is 24.6 Å². The van der Waals surface area contributed by atoms with Crippen molar-refractivity contribution < 1.29 is 9.90 Å². The number of Topliss-reactive ketones (excluding diaryl/α,β-unsaturated/α-hetero) is 1. The SMILES string of the molecule is CC(=O)C(O)c1ccc(Cl)cc1. The van der Waals surface area contributed by atoms with Crippen LogP contribution in [0.2, 0.25) is 5.02 Å². The first-order chi connectivity index (χ1) is 5.61. The van der Waals surface area contributed by atoms with Gasteiger partial charge < -0.3 is 5.11 Å². The maximum absolute atomic E-state index is 10.7. The van der Waals surface area contributed by atoms with Gasteiger partial charge in [-0.1, -0.05) is 23.7 Å². The summed E-state index contributed by atoms with van der Waals surface area (Å²) in [7, 11) is 0. The van der Waals surface area contributed by atoms with E-state index in [0.29, 0.717) is 10.6 Å². The lowest BCUT2D eigenvalue weighted by atomic mass is 10.1. The van der Waals surface area contributed by atoms with Gasteiger partial charge in [0.1, 0.15) is 6.10 Å². The molecule has 0 aromatic heterocycles. The highest BCUT2D eigenvalue weighted by Gasteiger charge is 2.11. The Morgan fingerprint density at radius 2 is 1.92 bits per heavy atom. The average molecular weight is 185 g/mol. The van der Waals surface area contributed by atoms with Crippen LogP contribution in [0.25, 0.3) is 0 Å². The van der Waals surface area contributed by atoms with Crippen LogP contribution in [0.15, 0.2) is 24.3 Å². The topological polar surface area (TPSA) is 37.3 Å². The van der Waals surface area contributed by atoms with Gasteiger partial charge in [0.2, 0.25) is 0 Å². The van der Waals surface area contributed by atoms with Gasteiger partial charge >= 0.3 is 0 Å². The predicted octanol–water partition coefficient (Wildman–Crippen LogP) is 1.96. The van der Waals surface area contributed by atoms with E-state index in [1.54, 1.807) is 24.3 Å². The van der Waals surface area contributed by atoms with E-state index >= 15 is 0 Å². The Hall–Kier alpha value is -0.860. The molecule has 12 heavy (non-hydrogen) atoms. The fourth-order valence-corrected chi connectivity index (χ4v) is 1.01. The number of carbonyl (C=O) groups is 1. The third kappa shape index (κ3) is 2.06. The van der Waals surface area contributed by atoms with Crippen molar-refractivity contribution in [2.75, 3.05) is 0 Å². The number of benzene rings is 1. The zero-order valence-electron chi connectivity index (χ0n) is 6.62. The number of hydrogen-bond acceptors (Lipinski definition) is 2. The number of aliphatic hydroxyl groups excluding tert-OH is 1. The van der Waals surface area contributed by atoms with Gasteiger partial charge in [0.25, 0.3) is 0 Å². The van der Waals surface area contributed by atoms with Gasteiger partial charge in [0.05, 0.1) is 0 Å². The Balaban J connectivity index is 2.89. The van der Waals surface area contributed by atoms with Crippen molar-refractivity contribution in [2.45, 2.75) is 13.0 Å². The number of aliphatic hydroxyl groups is 1. The molecule has 0 radical (unpaired) electrons. The van der Waals surface area contributed by atoms with Gasteiger partial charge in [-0.15, -0.1) is 0 Å². The van der Waals surface area contributed by atoms with Crippen LogP contribution < -0.4 is 0 Å². The predicted molar refractivity (Wildman–Crippen MR) is 47.1 cm³/mol. The Kier molecular flexibility index (Phi) is 2.84. The maximum atomic E-state index is 10.7. The first-order valence-corrected chi connectivity index (χ1v) is 3.93. The summed E-state index contributed by atoms with van der Waals surface area (Å²) in [5, 5.41) is 9.89. The van der Waals surface area contributed by atoms with Gasteiger partial charge in [-0.2, -0.15) is 0 Å². The van der Waals surface area contributed by atoms with Gasteiger partial charge in [0, 0.05) is 5.02 Å². The maximum Gasteiger partial charge on any atom is 0.162 e. The quantitative estimate of drug-likeness (QED) is 0.763. The van der Waals surface area contributed by atoms with Crippen LogP contribution in [-0.4, -0.2) is 10.9 Å². The molecule has 0 aliphatic rings. The van der Waals surface area contributed by atoms with Gasteiger partial charge in [0.15, 0.2) is 5.78 Å². The minimum Gasteiger partial charge on any atom is -0.381 e. The van der Waals surface area contributed by atoms with E-state index in [9.17, 15) is 9.90 Å². The molecule has 0 spiro atoms. The van der Waals surface area contributed by atoms with Crippen LogP contribution in [0.3, 0.4) is 0 Å². The van der Waals surface area contributed by atoms with Gasteiger partial charge in [-0.3, -0.25) is 4.79 Å². The Labute approximate surface area is 75.8 Å². The number of ketones is 1. The van der Waals surface area contributed by atoms with E-state index in [1.165, 1.54) is 6.92 Å². The van der Waals surface area contributed by atoms with E-state index in [2.05, 4.69) is 0 Å². The first kappa shape index (κ1) is 9.23. The summed E-state index contributed by atoms with van der Waals surface area (Å²) < 4.78 is 0. The minimum atomic E-state index is -1.03. The molecule has 2 nitrogen and oxygen atoms in total. The number of carbonyl (C=O) groups excluding carboxylic acids is 1. The lowest BCUT2D eigenvalue weighted by Gasteiger charge is -2.05. The van der Waals surface area contributed by atoms with E-state index in [0.717, 1.165) is 0 Å². The molecule has 1 unspecified atom stereocenters. The fourth-order valence-electron chi connectivity index (χ4n) is 0.880. The van der Waals surface area contributed by atoms with Crippen LogP contribution in [0.5, 0.6) is 0 Å². The second-order valence-corrected chi connectivity index (χ2v) is 3.00. The van der Waals surface area contributed by atoms with Crippen molar-refractivity contribution in [3.05, 3.63) is 34.9 Å². The highest BCUT2D eigenvalue weighted by molar-refractivity contribution is 6.30. The van der Waals surface area contributed by atoms with Crippen LogP contribution in [0, 0.1) is 0 Å². The molecule has 1 rings (SSSR count). The molecule has 1 aromatic carbocycles. The fraction of sp³-hybridized carbons (Fsp3) is 0.222. The van der Waals surface area contributed by atoms with Crippen molar-refractivity contribution in [1.29, 1.82) is 0 Å². The third-order valence-corrected chi connectivity index (χ3v) is 1.82. The highest BCUT2D eigenvalue weighted by Crippen LogP contribution is 2.16. The van der Waals surface area contributed by atoms with Crippen molar-refractivity contribution in [2.24, 2.45) is 0 Å². The summed E-state index contributed by atoms with van der Waals surface area (Å²) in [4.78, 5) is 10.7. The van der Waals surface area contributed by atoms with Crippen LogP contribution in [0.4, 0.5) is 0 Å². The molecule has 1 N–H and O–H groups in total. The number of halogens is 1. The van der Waals surface area contributed by atoms with E-state index in [-0.39, 0.29) is 5.78 Å². The summed E-state index contributed by atoms with van der Waals surface area (Å²) in [6.07, 6.45) is -1.03. The summed E-state index contributed by atoms with van der Waals surface area (Å²) in [6, 6.07) is 6.55. The lowest BCUT2D eigenvalue weighted by molar-refractivity contribution is -0.125. The molecule has 0 aliphatic carbocycles. The zero-order chi connectivity index (χ0) is 9.14. The van der Waals surface area contributed by atoms with E-state index in [4.69, 9.17) is 11.6 Å². The molecule has 1 aromatic rings. The first-order valence-electron chi connectivity index (χ1n) is 3.55. The van der Waals surface area contributed by atoms with Gasteiger partial charge in [-0.25, -0.2) is 0 Å². The summed E-state index contributed by atoms with van der Waals surface area (Å²) in [6.45, 7) is 1.35. The molecule has 0 saturated carbocycles. The highest BCUT2D eigenvalue weighted by atomic mass is 35.5. The molecule has 1 atom stereocenters. The largest absolute Gasteiger partial charge is 0.381 e. The van der Waals surface area contributed by atoms with E-state index < -0.39 is 6.10 Å². The normalized spacial score (nSPS) is 12.6. The Bertz CT molecular complexity index is 279. The van der Waals surface area contributed by atoms with Crippen LogP contribution >= 0.6 is 11.6 Å². The number of rotatable bonds is 2. The van der Waals surface area contributed by atoms with Crippen molar-refractivity contribution in [3.8, 4) is 0 Å². The summed E-state index contributed by atoms with van der Waals surface area (Å²) in [5.74, 6) is -0.266. The second-order valence-electron chi connectivity index (χ2n) is 2.56. The molecular formula is C9H9ClO2. The second kappa shape index (κ2) is 3.70. The van der Waals surface area contributed by atoms with Crippen LogP contribution in [-0.2, 0) is 4.79 Å². The molecule has 0 fully saturated rings. The van der Waals surface area contributed by atoms with Crippen molar-refractivity contribution >= 4 is 17.4 Å². The number of hydrogen-bond donors (Lipinski definition) is 1. The smallest absolute Gasteiger partial charge is 0.162 e. The molecule has 3 heteroatoms. The molecule has 64 valence electrons. The monoisotopic (exact) mass is 184 g/mol. The molecule has 0 amide bonds. The summed E-state index contributed by atoms with van der Waals surface area (Å²) >= 11 is 5.63. The van der Waals surface area contributed by atoms with E-state index in [1.807, 2.05) is 0 Å². The van der Waals surface area contributed by atoms with Crippen molar-refractivity contribution in [1.82, 2.24) is 0 Å². The third-order valence-electron chi connectivity index (χ3n) is 1.57. The summed E-state index contributed by atoms with van der Waals surface area (Å²) in [5.41, 5.74) is 0.576. The standard InChI is InChI=1S/C9H9ClO2/c1-6(11)9(12)7-2-4-8(10)5-3-7/h2-5,9,12H,1H3. The average Bonchev–Trinajstić information content (AvgIpc) is 2.04. The molecule has 0 aliphatic heterocycles. The molecule has 0 saturated heterocycles. The lowest BCUT2D eigenvalue weighted by Crippen LogP contribution is -2.06. The Morgan fingerprint density at radius 1 is 1.42 bits per heavy atom. The van der Waals surface area contributed by atoms with Crippen LogP contribution in [0.1, 0.15) is 18.6 Å². The molecule has 0 heterocycles. The minimum absolute atomic E-state index is 0.266. The molecular weight excluding hydrogens is 176 g/mol.